The van der Waals surface area contributed by atoms with Crippen molar-refractivity contribution in [2.45, 2.75) is 25.8 Å². The summed E-state index contributed by atoms with van der Waals surface area (Å²) in [6, 6.07) is -1.83. The lowest BCUT2D eigenvalue weighted by Crippen LogP contribution is -2.09. The second kappa shape index (κ2) is 6.08. The van der Waals surface area contributed by atoms with Crippen molar-refractivity contribution in [3.05, 3.63) is 0 Å². The van der Waals surface area contributed by atoms with E-state index in [0.717, 1.165) is 12.8 Å². The van der Waals surface area contributed by atoms with Crippen molar-refractivity contribution in [3.63, 3.8) is 0 Å². The van der Waals surface area contributed by atoms with E-state index in [2.05, 4.69) is 0 Å². The Kier molecular flexibility index (Phi) is 6.36. The van der Waals surface area contributed by atoms with E-state index in [4.69, 9.17) is 38.0 Å². The highest BCUT2D eigenvalue weighted by molar-refractivity contribution is 7.64. The summed E-state index contributed by atoms with van der Waals surface area (Å²) in [5.74, 6) is -0.263. The maximum atomic E-state index is 10.3. The minimum absolute atomic E-state index is 0.263. The minimum atomic E-state index is -2.46. The molecule has 0 aromatic rings. The normalized spacial score (nSPS) is 11.3. The average Bonchev–Trinajstić information content (AvgIpc) is 1.83. The molecule has 0 spiro atoms. The molecule has 0 N–H and O–H groups in total. The van der Waals surface area contributed by atoms with Crippen molar-refractivity contribution in [1.29, 1.82) is 0 Å². The SMILES string of the molecule is CC(=O)OCCCC[Si](Cl)(Cl)Cl. The zero-order valence-electron chi connectivity index (χ0n) is 6.78. The number of hydrogen-bond donors (Lipinski definition) is 0. The maximum Gasteiger partial charge on any atom is 0.341 e. The maximum absolute atomic E-state index is 10.3. The predicted octanol–water partition coefficient (Wildman–Crippen LogP) is 2.99. The molecule has 12 heavy (non-hydrogen) atoms. The highest BCUT2D eigenvalue weighted by Gasteiger charge is 2.23. The van der Waals surface area contributed by atoms with Crippen molar-refractivity contribution in [2.24, 2.45) is 0 Å². The van der Waals surface area contributed by atoms with Crippen LogP contribution in [0.2, 0.25) is 6.04 Å². The summed E-state index contributed by atoms with van der Waals surface area (Å²) < 4.78 is 4.70. The number of unbranched alkanes of at least 4 members (excludes halogenated alkanes) is 1. The van der Waals surface area contributed by atoms with E-state index in [1.165, 1.54) is 6.92 Å². The largest absolute Gasteiger partial charge is 0.466 e. The Morgan fingerprint density at radius 2 is 1.92 bits per heavy atom. The lowest BCUT2D eigenvalue weighted by Gasteiger charge is -2.06. The minimum Gasteiger partial charge on any atom is -0.466 e. The summed E-state index contributed by atoms with van der Waals surface area (Å²) in [6.45, 7) is 1.80. The van der Waals surface area contributed by atoms with Gasteiger partial charge in [-0.1, -0.05) is 0 Å². The number of esters is 1. The first kappa shape index (κ1) is 12.6. The molecule has 0 atom stereocenters. The summed E-state index contributed by atoms with van der Waals surface area (Å²) in [6.07, 6.45) is 1.57. The fourth-order valence-corrected chi connectivity index (χ4v) is 2.50. The number of ether oxygens (including phenoxy) is 1. The monoisotopic (exact) mass is 248 g/mol. The fraction of sp³-hybridized carbons (Fsp3) is 0.833. The van der Waals surface area contributed by atoms with Crippen LogP contribution in [0.25, 0.3) is 0 Å². The Bertz CT molecular complexity index is 146. The Hall–Kier alpha value is 0.557. The quantitative estimate of drug-likeness (QED) is 0.324. The van der Waals surface area contributed by atoms with Gasteiger partial charge in [0.1, 0.15) is 0 Å². The van der Waals surface area contributed by atoms with Gasteiger partial charge in [-0.25, -0.2) is 0 Å². The average molecular weight is 250 g/mol. The van der Waals surface area contributed by atoms with Crippen molar-refractivity contribution in [3.8, 4) is 0 Å². The van der Waals surface area contributed by atoms with Crippen molar-refractivity contribution >= 4 is 45.2 Å². The first-order valence-electron chi connectivity index (χ1n) is 3.62. The number of hydrogen-bond acceptors (Lipinski definition) is 2. The molecule has 0 saturated heterocycles. The van der Waals surface area contributed by atoms with E-state index in [1.54, 1.807) is 0 Å². The van der Waals surface area contributed by atoms with Gasteiger partial charge in [0.05, 0.1) is 6.61 Å². The van der Waals surface area contributed by atoms with Gasteiger partial charge in [0.15, 0.2) is 0 Å². The summed E-state index contributed by atoms with van der Waals surface area (Å²) in [5.41, 5.74) is 0. The van der Waals surface area contributed by atoms with Gasteiger partial charge < -0.3 is 4.74 Å². The van der Waals surface area contributed by atoms with Gasteiger partial charge in [-0.2, -0.15) is 0 Å². The molecule has 0 aliphatic rings. The molecular weight excluding hydrogens is 239 g/mol. The topological polar surface area (TPSA) is 26.3 Å². The van der Waals surface area contributed by atoms with Crippen LogP contribution >= 0.6 is 33.2 Å². The van der Waals surface area contributed by atoms with E-state index < -0.39 is 6.00 Å². The lowest BCUT2D eigenvalue weighted by atomic mass is 10.4. The van der Waals surface area contributed by atoms with Crippen LogP contribution in [-0.2, 0) is 9.53 Å². The van der Waals surface area contributed by atoms with Gasteiger partial charge in [0.2, 0.25) is 0 Å². The molecule has 0 saturated carbocycles. The Labute approximate surface area is 87.2 Å². The molecule has 2 nitrogen and oxygen atoms in total. The van der Waals surface area contributed by atoms with Crippen LogP contribution in [0.3, 0.4) is 0 Å². The lowest BCUT2D eigenvalue weighted by molar-refractivity contribution is -0.141. The first-order valence-corrected chi connectivity index (χ1v) is 8.86. The van der Waals surface area contributed by atoms with E-state index >= 15 is 0 Å². The van der Waals surface area contributed by atoms with Crippen LogP contribution in [0.4, 0.5) is 0 Å². The third-order valence-corrected chi connectivity index (χ3v) is 3.78. The summed E-state index contributed by atoms with van der Waals surface area (Å²) in [4.78, 5) is 10.3. The predicted molar refractivity (Wildman–Crippen MR) is 54.0 cm³/mol. The molecule has 72 valence electrons. The van der Waals surface area contributed by atoms with Crippen LogP contribution in [-0.4, -0.2) is 18.6 Å². The van der Waals surface area contributed by atoms with Gasteiger partial charge in [-0.05, 0) is 18.9 Å². The summed E-state index contributed by atoms with van der Waals surface area (Å²) in [7, 11) is 0. The standard InChI is InChI=1S/C6H11Cl3O2Si/c1-6(10)11-4-2-3-5-12(7,8)9/h2-5H2,1H3. The Balaban J connectivity index is 3.17. The van der Waals surface area contributed by atoms with Gasteiger partial charge >= 0.3 is 12.0 Å². The Morgan fingerprint density at radius 1 is 1.33 bits per heavy atom. The van der Waals surface area contributed by atoms with Crippen molar-refractivity contribution in [2.75, 3.05) is 6.61 Å². The first-order chi connectivity index (χ1) is 5.42. The van der Waals surface area contributed by atoms with E-state index in [1.807, 2.05) is 0 Å². The summed E-state index contributed by atoms with van der Waals surface area (Å²) in [5, 5.41) is 0. The molecular formula is C6H11Cl3O2Si. The number of carbonyl (C=O) groups is 1. The molecule has 0 amide bonds. The smallest absolute Gasteiger partial charge is 0.341 e. The third-order valence-electron chi connectivity index (χ3n) is 1.16. The second-order valence-electron chi connectivity index (χ2n) is 2.41. The molecule has 0 fully saturated rings. The van der Waals surface area contributed by atoms with Crippen molar-refractivity contribution in [1.82, 2.24) is 0 Å². The van der Waals surface area contributed by atoms with Gasteiger partial charge in [-0.15, -0.1) is 33.2 Å². The molecule has 0 radical (unpaired) electrons. The zero-order chi connectivity index (χ0) is 9.61. The molecule has 0 aliphatic carbocycles. The summed E-state index contributed by atoms with van der Waals surface area (Å²) >= 11 is 16.9. The van der Waals surface area contributed by atoms with Crippen LogP contribution in [0.15, 0.2) is 0 Å². The van der Waals surface area contributed by atoms with E-state index in [-0.39, 0.29) is 5.97 Å². The van der Waals surface area contributed by atoms with Crippen LogP contribution in [0.1, 0.15) is 19.8 Å². The highest BCUT2D eigenvalue weighted by atomic mass is 35.8. The van der Waals surface area contributed by atoms with Gasteiger partial charge in [-0.3, -0.25) is 4.79 Å². The molecule has 0 rings (SSSR count). The number of rotatable bonds is 5. The molecule has 6 heteroatoms. The van der Waals surface area contributed by atoms with Crippen LogP contribution < -0.4 is 0 Å². The highest BCUT2D eigenvalue weighted by Crippen LogP contribution is 2.26. The zero-order valence-corrected chi connectivity index (χ0v) is 10.0. The molecule has 0 aromatic carbocycles. The van der Waals surface area contributed by atoms with Gasteiger partial charge in [0.25, 0.3) is 0 Å². The second-order valence-corrected chi connectivity index (χ2v) is 11.7. The molecule has 0 aliphatic heterocycles. The molecule has 0 aromatic heterocycles. The van der Waals surface area contributed by atoms with Crippen LogP contribution in [0, 0.1) is 0 Å². The molecule has 0 unspecified atom stereocenters. The van der Waals surface area contributed by atoms with Crippen LogP contribution in [0.5, 0.6) is 0 Å². The number of halogens is 3. The fourth-order valence-electron chi connectivity index (χ4n) is 0.643. The van der Waals surface area contributed by atoms with Gasteiger partial charge in [0, 0.05) is 6.92 Å². The third kappa shape index (κ3) is 10.6. The van der Waals surface area contributed by atoms with E-state index in [0.29, 0.717) is 12.7 Å². The van der Waals surface area contributed by atoms with E-state index in [9.17, 15) is 4.79 Å². The Morgan fingerprint density at radius 3 is 2.33 bits per heavy atom. The number of carbonyl (C=O) groups excluding carboxylic acids is 1. The molecule has 0 heterocycles. The molecule has 0 bridgehead atoms. The van der Waals surface area contributed by atoms with Crippen molar-refractivity contribution < 1.29 is 9.53 Å².